The number of imide groups is 1. The van der Waals surface area contributed by atoms with Gasteiger partial charge in [-0.1, -0.05) is 60.3 Å². The Labute approximate surface area is 132 Å². The van der Waals surface area contributed by atoms with Crippen molar-refractivity contribution in [2.24, 2.45) is 0 Å². The molecule has 0 spiro atoms. The molecule has 4 nitrogen and oxygen atoms in total. The number of rotatable bonds is 4. The second-order valence-electron chi connectivity index (χ2n) is 4.87. The average Bonchev–Trinajstić information content (AvgIpc) is 2.83. The first kappa shape index (κ1) is 14.5. The molecule has 1 aliphatic rings. The highest BCUT2D eigenvalue weighted by atomic mass is 32.2. The lowest BCUT2D eigenvalue weighted by Gasteiger charge is -2.13. The topological polar surface area (TPSA) is 54.5 Å². The van der Waals surface area contributed by atoms with Crippen LogP contribution in [0.3, 0.4) is 0 Å². The number of para-hydroxylation sites is 1. The molecule has 2 aromatic carbocycles. The molecule has 0 aliphatic carbocycles. The molecule has 1 unspecified atom stereocenters. The van der Waals surface area contributed by atoms with E-state index in [1.54, 1.807) is 48.5 Å². The smallest absolute Gasteiger partial charge is 0.293 e. The summed E-state index contributed by atoms with van der Waals surface area (Å²) in [7, 11) is 0. The zero-order valence-corrected chi connectivity index (χ0v) is 12.5. The van der Waals surface area contributed by atoms with E-state index >= 15 is 0 Å². The van der Waals surface area contributed by atoms with E-state index in [1.807, 2.05) is 12.1 Å². The van der Waals surface area contributed by atoms with Crippen LogP contribution in [0.2, 0.25) is 0 Å². The molecule has 0 saturated carbocycles. The van der Waals surface area contributed by atoms with Crippen LogP contribution >= 0.6 is 11.8 Å². The van der Waals surface area contributed by atoms with Crippen LogP contribution in [-0.2, 0) is 4.79 Å². The van der Waals surface area contributed by atoms with Crippen LogP contribution in [0, 0.1) is 0 Å². The Kier molecular flexibility index (Phi) is 4.06. The molecule has 110 valence electrons. The van der Waals surface area contributed by atoms with Gasteiger partial charge >= 0.3 is 0 Å². The fraction of sp³-hybridized carbons (Fsp3) is 0.118. The summed E-state index contributed by atoms with van der Waals surface area (Å²) in [6, 6.07) is 17.6. The summed E-state index contributed by atoms with van der Waals surface area (Å²) in [5.41, 5.74) is 1.10. The molecule has 1 saturated heterocycles. The third-order valence-electron chi connectivity index (χ3n) is 3.40. The van der Waals surface area contributed by atoms with E-state index in [9.17, 15) is 14.4 Å². The first-order chi connectivity index (χ1) is 10.7. The lowest BCUT2D eigenvalue weighted by molar-refractivity contribution is -0.117. The maximum absolute atomic E-state index is 12.4. The number of nitrogens with zero attached hydrogens (tertiary/aromatic N) is 1. The molecule has 22 heavy (non-hydrogen) atoms. The van der Waals surface area contributed by atoms with Crippen LogP contribution in [-0.4, -0.2) is 22.2 Å². The van der Waals surface area contributed by atoms with Crippen LogP contribution in [0.5, 0.6) is 0 Å². The summed E-state index contributed by atoms with van der Waals surface area (Å²) < 4.78 is 0. The number of carbonyl (C=O) groups excluding carboxylic acids is 3. The Morgan fingerprint density at radius 3 is 2.18 bits per heavy atom. The van der Waals surface area contributed by atoms with Crippen molar-refractivity contribution in [1.82, 2.24) is 0 Å². The predicted molar refractivity (Wildman–Crippen MR) is 86.1 cm³/mol. The summed E-state index contributed by atoms with van der Waals surface area (Å²) in [5.74, 6) is -0.459. The highest BCUT2D eigenvalue weighted by Gasteiger charge is 2.41. The van der Waals surface area contributed by atoms with Crippen molar-refractivity contribution in [2.45, 2.75) is 11.7 Å². The minimum absolute atomic E-state index is 0.0303. The van der Waals surface area contributed by atoms with E-state index in [0.29, 0.717) is 11.3 Å². The highest BCUT2D eigenvalue weighted by molar-refractivity contribution is 8.15. The number of hydrogen-bond donors (Lipinski definition) is 0. The molecule has 3 rings (SSSR count). The monoisotopic (exact) mass is 311 g/mol. The molecular weight excluding hydrogens is 298 g/mol. The molecule has 1 atom stereocenters. The van der Waals surface area contributed by atoms with E-state index in [1.165, 1.54) is 0 Å². The summed E-state index contributed by atoms with van der Waals surface area (Å²) in [6.07, 6.45) is 0.0303. The number of thioether (sulfide) groups is 1. The summed E-state index contributed by atoms with van der Waals surface area (Å²) >= 11 is 0.916. The van der Waals surface area contributed by atoms with Gasteiger partial charge in [0, 0.05) is 12.0 Å². The van der Waals surface area contributed by atoms with E-state index in [4.69, 9.17) is 0 Å². The number of ketones is 1. The van der Waals surface area contributed by atoms with Gasteiger partial charge in [-0.25, -0.2) is 4.90 Å². The summed E-state index contributed by atoms with van der Waals surface area (Å²) in [5, 5.41) is -0.984. The van der Waals surface area contributed by atoms with E-state index < -0.39 is 5.25 Å². The van der Waals surface area contributed by atoms with Gasteiger partial charge in [0.05, 0.1) is 5.69 Å². The zero-order valence-electron chi connectivity index (χ0n) is 11.6. The van der Waals surface area contributed by atoms with Crippen molar-refractivity contribution in [1.29, 1.82) is 0 Å². The van der Waals surface area contributed by atoms with Gasteiger partial charge in [-0.05, 0) is 12.1 Å². The maximum Gasteiger partial charge on any atom is 0.293 e. The Hall–Kier alpha value is -2.40. The van der Waals surface area contributed by atoms with E-state index in [0.717, 1.165) is 16.7 Å². The van der Waals surface area contributed by atoms with Gasteiger partial charge in [0.2, 0.25) is 5.91 Å². The van der Waals surface area contributed by atoms with Gasteiger partial charge in [-0.15, -0.1) is 0 Å². The molecule has 1 aliphatic heterocycles. The molecule has 2 aromatic rings. The SMILES string of the molecule is O=C(CC1SC(=O)N(c2ccccc2)C1=O)c1ccccc1. The third kappa shape index (κ3) is 2.80. The molecule has 1 fully saturated rings. The normalized spacial score (nSPS) is 17.8. The second kappa shape index (κ2) is 6.15. The standard InChI is InChI=1S/C17H13NO3S/c19-14(12-7-3-1-4-8-12)11-15-16(20)18(17(21)22-15)13-9-5-2-6-10-13/h1-10,15H,11H2. The Morgan fingerprint density at radius 2 is 1.55 bits per heavy atom. The largest absolute Gasteiger partial charge is 0.294 e. The quantitative estimate of drug-likeness (QED) is 0.811. The van der Waals surface area contributed by atoms with Crippen LogP contribution in [0.15, 0.2) is 60.7 Å². The van der Waals surface area contributed by atoms with E-state index in [-0.39, 0.29) is 23.4 Å². The van der Waals surface area contributed by atoms with Crippen LogP contribution < -0.4 is 4.90 Å². The summed E-state index contributed by atoms with van der Waals surface area (Å²) in [4.78, 5) is 37.8. The van der Waals surface area contributed by atoms with Gasteiger partial charge in [-0.3, -0.25) is 14.4 Å². The molecule has 0 N–H and O–H groups in total. The number of amides is 2. The Balaban J connectivity index is 1.76. The Bertz CT molecular complexity index is 715. The minimum atomic E-state index is -0.652. The van der Waals surface area contributed by atoms with Gasteiger partial charge in [0.1, 0.15) is 5.25 Å². The number of carbonyl (C=O) groups is 3. The molecule has 0 bridgehead atoms. The molecule has 1 heterocycles. The number of hydrogen-bond acceptors (Lipinski definition) is 4. The number of benzene rings is 2. The molecular formula is C17H13NO3S. The second-order valence-corrected chi connectivity index (χ2v) is 6.03. The van der Waals surface area contributed by atoms with Gasteiger partial charge < -0.3 is 0 Å². The fourth-order valence-corrected chi connectivity index (χ4v) is 3.29. The average molecular weight is 311 g/mol. The summed E-state index contributed by atoms with van der Waals surface area (Å²) in [6.45, 7) is 0. The van der Waals surface area contributed by atoms with Gasteiger partial charge in [0.25, 0.3) is 5.24 Å². The lowest BCUT2D eigenvalue weighted by Crippen LogP contribution is -2.32. The van der Waals surface area contributed by atoms with Crippen molar-refractivity contribution in [3.63, 3.8) is 0 Å². The van der Waals surface area contributed by atoms with Crippen LogP contribution in [0.25, 0.3) is 0 Å². The lowest BCUT2D eigenvalue weighted by atomic mass is 10.1. The third-order valence-corrected chi connectivity index (χ3v) is 4.44. The van der Waals surface area contributed by atoms with Crippen molar-refractivity contribution in [3.8, 4) is 0 Å². The first-order valence-corrected chi connectivity index (χ1v) is 7.72. The van der Waals surface area contributed by atoms with E-state index in [2.05, 4.69) is 0 Å². The first-order valence-electron chi connectivity index (χ1n) is 6.84. The molecule has 0 aromatic heterocycles. The minimum Gasteiger partial charge on any atom is -0.294 e. The van der Waals surface area contributed by atoms with Crippen molar-refractivity contribution >= 4 is 34.4 Å². The zero-order chi connectivity index (χ0) is 15.5. The number of anilines is 1. The van der Waals surface area contributed by atoms with Gasteiger partial charge in [-0.2, -0.15) is 0 Å². The predicted octanol–water partition coefficient (Wildman–Crippen LogP) is 3.53. The Morgan fingerprint density at radius 1 is 0.955 bits per heavy atom. The number of Topliss-reactive ketones (excluding diaryl/α,β-unsaturated/α-hetero) is 1. The molecule has 0 radical (unpaired) electrons. The molecule has 2 amide bonds. The highest BCUT2D eigenvalue weighted by Crippen LogP contribution is 2.33. The van der Waals surface area contributed by atoms with Crippen molar-refractivity contribution < 1.29 is 14.4 Å². The van der Waals surface area contributed by atoms with Crippen molar-refractivity contribution in [3.05, 3.63) is 66.2 Å². The molecule has 5 heteroatoms. The van der Waals surface area contributed by atoms with Crippen LogP contribution in [0.1, 0.15) is 16.8 Å². The maximum atomic E-state index is 12.4. The van der Waals surface area contributed by atoms with Crippen LogP contribution in [0.4, 0.5) is 10.5 Å². The fourth-order valence-electron chi connectivity index (χ4n) is 2.31. The van der Waals surface area contributed by atoms with Gasteiger partial charge in [0.15, 0.2) is 5.78 Å². The van der Waals surface area contributed by atoms with Crippen molar-refractivity contribution in [2.75, 3.05) is 4.90 Å².